The van der Waals surface area contributed by atoms with Crippen molar-refractivity contribution in [3.05, 3.63) is 0 Å². The van der Waals surface area contributed by atoms with Gasteiger partial charge in [-0.25, -0.2) is 0 Å². The Morgan fingerprint density at radius 3 is 2.41 bits per heavy atom. The van der Waals surface area contributed by atoms with E-state index in [-0.39, 0.29) is 0 Å². The maximum absolute atomic E-state index is 3.41. The van der Waals surface area contributed by atoms with Crippen molar-refractivity contribution in [2.45, 2.75) is 18.9 Å². The molecule has 0 radical (unpaired) electrons. The molecule has 0 atom stereocenters. The molecule has 0 aromatic rings. The van der Waals surface area contributed by atoms with Gasteiger partial charge >= 0.3 is 0 Å². The SMILES string of the molecule is CN1CCC(N(C)CCN2CCNCC2)CC1. The summed E-state index contributed by atoms with van der Waals surface area (Å²) in [7, 11) is 4.54. The fourth-order valence-corrected chi connectivity index (χ4v) is 2.85. The lowest BCUT2D eigenvalue weighted by Crippen LogP contribution is -2.48. The van der Waals surface area contributed by atoms with E-state index in [1.54, 1.807) is 0 Å². The highest BCUT2D eigenvalue weighted by Crippen LogP contribution is 2.13. The van der Waals surface area contributed by atoms with E-state index in [4.69, 9.17) is 0 Å². The number of hydrogen-bond acceptors (Lipinski definition) is 4. The van der Waals surface area contributed by atoms with Crippen LogP contribution in [0.5, 0.6) is 0 Å². The number of piperazine rings is 1. The van der Waals surface area contributed by atoms with E-state index in [0.717, 1.165) is 19.1 Å². The summed E-state index contributed by atoms with van der Waals surface area (Å²) in [6, 6.07) is 0.814. The van der Waals surface area contributed by atoms with Gasteiger partial charge in [0.1, 0.15) is 0 Å². The molecule has 0 bridgehead atoms. The predicted octanol–water partition coefficient (Wildman–Crippen LogP) is -0.0824. The third-order valence-electron chi connectivity index (χ3n) is 4.29. The zero-order valence-electron chi connectivity index (χ0n) is 11.5. The Labute approximate surface area is 106 Å². The fourth-order valence-electron chi connectivity index (χ4n) is 2.85. The minimum absolute atomic E-state index is 0.814. The second-order valence-electron chi connectivity index (χ2n) is 5.61. The molecule has 100 valence electrons. The lowest BCUT2D eigenvalue weighted by Gasteiger charge is -2.36. The van der Waals surface area contributed by atoms with Crippen LogP contribution in [0.4, 0.5) is 0 Å². The molecule has 0 unspecified atom stereocenters. The van der Waals surface area contributed by atoms with Crippen LogP contribution in [0.2, 0.25) is 0 Å². The number of likely N-dealkylation sites (N-methyl/N-ethyl adjacent to an activating group) is 1. The highest BCUT2D eigenvalue weighted by molar-refractivity contribution is 4.78. The standard InChI is InChI=1S/C13H28N4/c1-15-7-3-13(4-8-15)16(2)11-12-17-9-5-14-6-10-17/h13-14H,3-12H2,1-2H3. The van der Waals surface area contributed by atoms with Crippen molar-refractivity contribution in [1.82, 2.24) is 20.0 Å². The van der Waals surface area contributed by atoms with Crippen molar-refractivity contribution in [2.24, 2.45) is 0 Å². The van der Waals surface area contributed by atoms with Gasteiger partial charge in [0.25, 0.3) is 0 Å². The lowest BCUT2D eigenvalue weighted by molar-refractivity contribution is 0.125. The molecule has 4 nitrogen and oxygen atoms in total. The molecule has 2 aliphatic heterocycles. The van der Waals surface area contributed by atoms with Crippen LogP contribution in [0, 0.1) is 0 Å². The zero-order valence-corrected chi connectivity index (χ0v) is 11.5. The molecule has 0 spiro atoms. The monoisotopic (exact) mass is 240 g/mol. The Balaban J connectivity index is 1.64. The van der Waals surface area contributed by atoms with Gasteiger partial charge in [0.15, 0.2) is 0 Å². The average molecular weight is 240 g/mol. The largest absolute Gasteiger partial charge is 0.314 e. The normalized spacial score (nSPS) is 25.6. The molecule has 2 saturated heterocycles. The van der Waals surface area contributed by atoms with Gasteiger partial charge in [-0.1, -0.05) is 0 Å². The summed E-state index contributed by atoms with van der Waals surface area (Å²) in [5.74, 6) is 0. The average Bonchev–Trinajstić information content (AvgIpc) is 2.38. The number of piperidine rings is 1. The first-order valence-electron chi connectivity index (χ1n) is 7.07. The summed E-state index contributed by atoms with van der Waals surface area (Å²) in [6.07, 6.45) is 2.68. The second kappa shape index (κ2) is 6.69. The third-order valence-corrected chi connectivity index (χ3v) is 4.29. The highest BCUT2D eigenvalue weighted by Gasteiger charge is 2.20. The maximum atomic E-state index is 3.41. The van der Waals surface area contributed by atoms with Crippen LogP contribution in [-0.4, -0.2) is 87.2 Å². The van der Waals surface area contributed by atoms with E-state index < -0.39 is 0 Å². The van der Waals surface area contributed by atoms with E-state index in [2.05, 4.69) is 34.1 Å². The molecule has 0 saturated carbocycles. The molecule has 2 aliphatic rings. The topological polar surface area (TPSA) is 21.8 Å². The van der Waals surface area contributed by atoms with Crippen LogP contribution in [0.3, 0.4) is 0 Å². The zero-order chi connectivity index (χ0) is 12.1. The van der Waals surface area contributed by atoms with Gasteiger partial charge in [-0.2, -0.15) is 0 Å². The van der Waals surface area contributed by atoms with E-state index in [0.29, 0.717) is 0 Å². The quantitative estimate of drug-likeness (QED) is 0.742. The van der Waals surface area contributed by atoms with Crippen molar-refractivity contribution < 1.29 is 0 Å². The molecule has 2 rings (SSSR count). The van der Waals surface area contributed by atoms with Crippen molar-refractivity contribution in [3.63, 3.8) is 0 Å². The van der Waals surface area contributed by atoms with Crippen molar-refractivity contribution in [1.29, 1.82) is 0 Å². The van der Waals surface area contributed by atoms with E-state index in [1.807, 2.05) is 0 Å². The molecule has 0 aromatic carbocycles. The Morgan fingerprint density at radius 1 is 1.12 bits per heavy atom. The number of likely N-dealkylation sites (tertiary alicyclic amines) is 1. The molecule has 0 amide bonds. The summed E-state index contributed by atoms with van der Waals surface area (Å²) < 4.78 is 0. The number of nitrogens with one attached hydrogen (secondary N) is 1. The fraction of sp³-hybridized carbons (Fsp3) is 1.00. The molecule has 4 heteroatoms. The molecular formula is C13H28N4. The molecule has 0 aromatic heterocycles. The predicted molar refractivity (Wildman–Crippen MR) is 72.5 cm³/mol. The first-order valence-corrected chi connectivity index (χ1v) is 7.07. The third kappa shape index (κ3) is 4.21. The van der Waals surface area contributed by atoms with Gasteiger partial charge in [-0.05, 0) is 40.0 Å². The number of hydrogen-bond donors (Lipinski definition) is 1. The smallest absolute Gasteiger partial charge is 0.0117 e. The highest BCUT2D eigenvalue weighted by atomic mass is 15.2. The molecule has 1 N–H and O–H groups in total. The summed E-state index contributed by atoms with van der Waals surface area (Å²) in [5.41, 5.74) is 0. The van der Waals surface area contributed by atoms with Crippen molar-refractivity contribution in [2.75, 3.05) is 66.5 Å². The minimum atomic E-state index is 0.814. The molecule has 0 aliphatic carbocycles. The van der Waals surface area contributed by atoms with E-state index in [1.165, 1.54) is 52.1 Å². The Morgan fingerprint density at radius 2 is 1.76 bits per heavy atom. The minimum Gasteiger partial charge on any atom is -0.314 e. The first-order chi connectivity index (χ1) is 8.25. The Kier molecular flexibility index (Phi) is 5.22. The number of nitrogens with zero attached hydrogens (tertiary/aromatic N) is 3. The van der Waals surface area contributed by atoms with Gasteiger partial charge in [0.05, 0.1) is 0 Å². The molecule has 17 heavy (non-hydrogen) atoms. The lowest BCUT2D eigenvalue weighted by atomic mass is 10.0. The second-order valence-corrected chi connectivity index (χ2v) is 5.61. The summed E-state index contributed by atoms with van der Waals surface area (Å²) in [5, 5.41) is 3.41. The van der Waals surface area contributed by atoms with Gasteiger partial charge in [0, 0.05) is 45.3 Å². The van der Waals surface area contributed by atoms with Gasteiger partial charge in [-0.3, -0.25) is 4.90 Å². The van der Waals surface area contributed by atoms with Crippen molar-refractivity contribution >= 4 is 0 Å². The van der Waals surface area contributed by atoms with Gasteiger partial charge in [-0.15, -0.1) is 0 Å². The summed E-state index contributed by atoms with van der Waals surface area (Å²) in [6.45, 7) is 9.78. The Hall–Kier alpha value is -0.160. The number of rotatable bonds is 4. The van der Waals surface area contributed by atoms with Gasteiger partial charge in [0.2, 0.25) is 0 Å². The molecular weight excluding hydrogens is 212 g/mol. The first kappa shape index (κ1) is 13.3. The maximum Gasteiger partial charge on any atom is 0.0117 e. The van der Waals surface area contributed by atoms with Gasteiger partial charge < -0.3 is 15.1 Å². The van der Waals surface area contributed by atoms with Crippen molar-refractivity contribution in [3.8, 4) is 0 Å². The van der Waals surface area contributed by atoms with Crippen LogP contribution >= 0.6 is 0 Å². The summed E-state index contributed by atoms with van der Waals surface area (Å²) in [4.78, 5) is 7.61. The summed E-state index contributed by atoms with van der Waals surface area (Å²) >= 11 is 0. The molecule has 2 heterocycles. The van der Waals surface area contributed by atoms with E-state index in [9.17, 15) is 0 Å². The molecule has 2 fully saturated rings. The Bertz CT molecular complexity index is 207. The van der Waals surface area contributed by atoms with Crippen LogP contribution < -0.4 is 5.32 Å². The van der Waals surface area contributed by atoms with Crippen LogP contribution in [0.25, 0.3) is 0 Å². The van der Waals surface area contributed by atoms with Crippen LogP contribution in [0.1, 0.15) is 12.8 Å². The van der Waals surface area contributed by atoms with Crippen LogP contribution in [-0.2, 0) is 0 Å². The van der Waals surface area contributed by atoms with E-state index >= 15 is 0 Å². The van der Waals surface area contributed by atoms with Crippen LogP contribution in [0.15, 0.2) is 0 Å².